The number of carboxylic acids is 2. The molecule has 0 fully saturated rings. The molecule has 0 aromatic heterocycles. The minimum Gasteiger partial charge on any atom is -0.481 e. The lowest BCUT2D eigenvalue weighted by Gasteiger charge is -2.43. The summed E-state index contributed by atoms with van der Waals surface area (Å²) >= 11 is 0. The Balaban J connectivity index is 6.29. The Hall–Kier alpha value is -1.92. The van der Waals surface area contributed by atoms with Crippen LogP contribution in [0.4, 0.5) is 0 Å². The molecule has 1 atom stereocenters. The van der Waals surface area contributed by atoms with Crippen molar-refractivity contribution in [2.24, 2.45) is 5.41 Å². The molecule has 0 radical (unpaired) electrons. The van der Waals surface area contributed by atoms with Crippen LogP contribution >= 0.6 is 0 Å². The van der Waals surface area contributed by atoms with E-state index in [4.69, 9.17) is 9.84 Å². The van der Waals surface area contributed by atoms with Crippen molar-refractivity contribution in [2.75, 3.05) is 0 Å². The van der Waals surface area contributed by atoms with Crippen molar-refractivity contribution in [1.82, 2.24) is 0 Å². The molecule has 0 spiro atoms. The van der Waals surface area contributed by atoms with E-state index in [1.807, 2.05) is 0 Å². The van der Waals surface area contributed by atoms with Crippen LogP contribution in [0.1, 0.15) is 47.0 Å². The molecule has 7 nitrogen and oxygen atoms in total. The summed E-state index contributed by atoms with van der Waals surface area (Å²) < 4.78 is 4.97. The van der Waals surface area contributed by atoms with Crippen molar-refractivity contribution < 1.29 is 34.1 Å². The first-order valence-corrected chi connectivity index (χ1v) is 6.25. The molecule has 20 heavy (non-hydrogen) atoms. The second kappa shape index (κ2) is 6.49. The van der Waals surface area contributed by atoms with Gasteiger partial charge in [0.1, 0.15) is 5.41 Å². The third-order valence-corrected chi connectivity index (χ3v) is 3.68. The first kappa shape index (κ1) is 18.1. The first-order chi connectivity index (χ1) is 9.09. The van der Waals surface area contributed by atoms with E-state index in [0.29, 0.717) is 0 Å². The molecule has 0 amide bonds. The highest BCUT2D eigenvalue weighted by Crippen LogP contribution is 2.44. The second-order valence-electron chi connectivity index (χ2n) is 4.64. The van der Waals surface area contributed by atoms with Gasteiger partial charge in [0, 0.05) is 6.92 Å². The van der Waals surface area contributed by atoms with Gasteiger partial charge in [-0.25, -0.2) is 0 Å². The van der Waals surface area contributed by atoms with Crippen LogP contribution in [0.25, 0.3) is 0 Å². The second-order valence-corrected chi connectivity index (χ2v) is 4.64. The fourth-order valence-corrected chi connectivity index (χ4v) is 2.59. The average Bonchev–Trinajstić information content (AvgIpc) is 2.28. The normalized spacial score (nSPS) is 14.2. The van der Waals surface area contributed by atoms with Crippen LogP contribution in [0, 0.1) is 5.41 Å². The quantitative estimate of drug-likeness (QED) is 0.645. The number of hydrogen-bond acceptors (Lipinski definition) is 5. The number of carboxylic acid groups (broad SMARTS) is 2. The van der Waals surface area contributed by atoms with E-state index in [-0.39, 0.29) is 12.8 Å². The smallest absolute Gasteiger partial charge is 0.314 e. The summed E-state index contributed by atoms with van der Waals surface area (Å²) in [5.74, 6) is -4.45. The number of carbonyl (C=O) groups is 4. The van der Waals surface area contributed by atoms with Gasteiger partial charge in [-0.2, -0.15) is 0 Å². The minimum atomic E-state index is -2.21. The highest BCUT2D eigenvalue weighted by molar-refractivity contribution is 5.97. The van der Waals surface area contributed by atoms with E-state index in [9.17, 15) is 24.3 Å². The van der Waals surface area contributed by atoms with Crippen LogP contribution in [0.15, 0.2) is 0 Å². The van der Waals surface area contributed by atoms with Crippen LogP contribution in [0.5, 0.6) is 0 Å². The molecule has 0 aliphatic rings. The van der Waals surface area contributed by atoms with Gasteiger partial charge in [0.05, 0.1) is 6.42 Å². The van der Waals surface area contributed by atoms with Crippen LogP contribution in [0.2, 0.25) is 0 Å². The Labute approximate surface area is 116 Å². The predicted molar refractivity (Wildman–Crippen MR) is 68.1 cm³/mol. The Kier molecular flexibility index (Phi) is 5.87. The zero-order valence-electron chi connectivity index (χ0n) is 12.1. The number of ketones is 1. The SMILES string of the molecule is CCC(CC)(C(=O)O)C(CC(=O)O)(OC(C)=O)C(C)=O. The van der Waals surface area contributed by atoms with Crippen molar-refractivity contribution in [3.8, 4) is 0 Å². The summed E-state index contributed by atoms with van der Waals surface area (Å²) in [5.41, 5.74) is -3.98. The third kappa shape index (κ3) is 2.97. The topological polar surface area (TPSA) is 118 Å². The maximum absolute atomic E-state index is 12.0. The highest BCUT2D eigenvalue weighted by atomic mass is 16.6. The standard InChI is InChI=1S/C13H20O7/c1-5-12(6-2,11(18)19)13(8(3)14,7-10(16)17)20-9(4)15/h5-7H2,1-4H3,(H,16,17)(H,18,19). The van der Waals surface area contributed by atoms with E-state index in [0.717, 1.165) is 13.8 Å². The van der Waals surface area contributed by atoms with Crippen LogP contribution in [-0.2, 0) is 23.9 Å². The van der Waals surface area contributed by atoms with Gasteiger partial charge in [-0.15, -0.1) is 0 Å². The molecule has 0 aromatic carbocycles. The monoisotopic (exact) mass is 288 g/mol. The predicted octanol–water partition coefficient (Wildman–Crippen LogP) is 1.24. The molecule has 0 heterocycles. The van der Waals surface area contributed by atoms with Gasteiger partial charge in [0.15, 0.2) is 11.4 Å². The van der Waals surface area contributed by atoms with Gasteiger partial charge in [-0.05, 0) is 19.8 Å². The number of Topliss-reactive ketones (excluding diaryl/α,β-unsaturated/α-hetero) is 1. The molecule has 0 saturated heterocycles. The third-order valence-electron chi connectivity index (χ3n) is 3.68. The molecule has 1 unspecified atom stereocenters. The van der Waals surface area contributed by atoms with Crippen LogP contribution < -0.4 is 0 Å². The van der Waals surface area contributed by atoms with Gasteiger partial charge in [0.25, 0.3) is 0 Å². The zero-order chi connectivity index (χ0) is 16.1. The minimum absolute atomic E-state index is 0.0427. The molecular weight excluding hydrogens is 268 g/mol. The summed E-state index contributed by atoms with van der Waals surface area (Å²) in [6.07, 6.45) is -0.964. The lowest BCUT2D eigenvalue weighted by molar-refractivity contribution is -0.197. The number of aliphatic carboxylic acids is 2. The largest absolute Gasteiger partial charge is 0.481 e. The van der Waals surface area contributed by atoms with Gasteiger partial charge >= 0.3 is 17.9 Å². The van der Waals surface area contributed by atoms with Gasteiger partial charge in [-0.1, -0.05) is 13.8 Å². The lowest BCUT2D eigenvalue weighted by atomic mass is 9.64. The lowest BCUT2D eigenvalue weighted by Crippen LogP contribution is -2.60. The number of ether oxygens (including phenoxy) is 1. The summed E-state index contributed by atoms with van der Waals surface area (Å²) in [7, 11) is 0. The molecule has 0 aromatic rings. The van der Waals surface area contributed by atoms with Crippen molar-refractivity contribution in [3.63, 3.8) is 0 Å². The maximum Gasteiger partial charge on any atom is 0.314 e. The Bertz CT molecular complexity index is 404. The molecular formula is C13H20O7. The number of hydrogen-bond donors (Lipinski definition) is 2. The molecule has 0 rings (SSSR count). The fourth-order valence-electron chi connectivity index (χ4n) is 2.59. The Morgan fingerprint density at radius 1 is 1.00 bits per heavy atom. The molecule has 114 valence electrons. The van der Waals surface area contributed by atoms with E-state index < -0.39 is 41.1 Å². The van der Waals surface area contributed by atoms with E-state index in [2.05, 4.69) is 0 Å². The number of carbonyl (C=O) groups excluding carboxylic acids is 2. The van der Waals surface area contributed by atoms with Crippen molar-refractivity contribution in [3.05, 3.63) is 0 Å². The van der Waals surface area contributed by atoms with E-state index >= 15 is 0 Å². The van der Waals surface area contributed by atoms with Crippen molar-refractivity contribution in [1.29, 1.82) is 0 Å². The Morgan fingerprint density at radius 2 is 1.45 bits per heavy atom. The summed E-state index contributed by atoms with van der Waals surface area (Å²) in [6, 6.07) is 0. The molecule has 0 bridgehead atoms. The van der Waals surface area contributed by atoms with E-state index in [1.165, 1.54) is 13.8 Å². The molecule has 0 saturated carbocycles. The summed E-state index contributed by atoms with van der Waals surface area (Å²) in [5, 5.41) is 18.5. The molecule has 0 aliphatic heterocycles. The molecule has 0 aliphatic carbocycles. The van der Waals surface area contributed by atoms with Crippen LogP contribution in [-0.4, -0.2) is 39.5 Å². The Morgan fingerprint density at radius 3 is 1.65 bits per heavy atom. The summed E-state index contributed by atoms with van der Waals surface area (Å²) in [4.78, 5) is 46.0. The molecule has 7 heteroatoms. The zero-order valence-corrected chi connectivity index (χ0v) is 12.1. The van der Waals surface area contributed by atoms with Gasteiger partial charge in [0.2, 0.25) is 0 Å². The van der Waals surface area contributed by atoms with Crippen LogP contribution in [0.3, 0.4) is 0 Å². The molecule has 2 N–H and O–H groups in total. The summed E-state index contributed by atoms with van der Waals surface area (Å²) in [6.45, 7) is 5.08. The fraction of sp³-hybridized carbons (Fsp3) is 0.692. The number of esters is 1. The van der Waals surface area contributed by atoms with Gasteiger partial charge < -0.3 is 14.9 Å². The first-order valence-electron chi connectivity index (χ1n) is 6.25. The maximum atomic E-state index is 12.0. The van der Waals surface area contributed by atoms with Crippen molar-refractivity contribution >= 4 is 23.7 Å². The van der Waals surface area contributed by atoms with Crippen molar-refractivity contribution in [2.45, 2.75) is 52.6 Å². The van der Waals surface area contributed by atoms with E-state index in [1.54, 1.807) is 0 Å². The average molecular weight is 288 g/mol. The van der Waals surface area contributed by atoms with Gasteiger partial charge in [-0.3, -0.25) is 19.2 Å². The highest BCUT2D eigenvalue weighted by Gasteiger charge is 2.61. The number of rotatable bonds is 8.